The molecule has 0 aliphatic carbocycles. The van der Waals surface area contributed by atoms with E-state index in [1.165, 1.54) is 11.3 Å². The molecule has 1 amide bonds. The Morgan fingerprint density at radius 3 is 2.95 bits per heavy atom. The van der Waals surface area contributed by atoms with Crippen LogP contribution in [0.5, 0.6) is 0 Å². The average molecular weight is 271 g/mol. The van der Waals surface area contributed by atoms with Crippen molar-refractivity contribution in [1.29, 1.82) is 0 Å². The third-order valence-corrected chi connectivity index (χ3v) is 3.41. The molecule has 0 unspecified atom stereocenters. The van der Waals surface area contributed by atoms with Gasteiger partial charge in [-0.3, -0.25) is 4.79 Å². The van der Waals surface area contributed by atoms with Gasteiger partial charge < -0.3 is 10.4 Å². The van der Waals surface area contributed by atoms with Crippen molar-refractivity contribution in [1.82, 2.24) is 0 Å². The second kappa shape index (κ2) is 6.19. The lowest BCUT2D eigenvalue weighted by Gasteiger charge is -2.06. The van der Waals surface area contributed by atoms with Crippen LogP contribution in [0.15, 0.2) is 35.7 Å². The Labute approximate surface area is 115 Å². The number of amides is 1. The highest BCUT2D eigenvalue weighted by Crippen LogP contribution is 2.17. The predicted molar refractivity (Wildman–Crippen MR) is 77.4 cm³/mol. The van der Waals surface area contributed by atoms with Gasteiger partial charge in [0.15, 0.2) is 0 Å². The quantitative estimate of drug-likeness (QED) is 0.825. The second-order valence-electron chi connectivity index (χ2n) is 3.92. The standard InChI is InChI=1S/C15H13NO2S/c1-11-6-7-13(10-12(11)4-2-8-17)16-15(18)14-5-3-9-19-14/h3,5-7,9-10,17H,8H2,1H3,(H,16,18). The lowest BCUT2D eigenvalue weighted by atomic mass is 10.1. The summed E-state index contributed by atoms with van der Waals surface area (Å²) in [6, 6.07) is 9.16. The number of aliphatic hydroxyl groups is 1. The van der Waals surface area contributed by atoms with Gasteiger partial charge in [0.25, 0.3) is 5.91 Å². The summed E-state index contributed by atoms with van der Waals surface area (Å²) in [6.07, 6.45) is 0. The van der Waals surface area contributed by atoms with Crippen molar-refractivity contribution >= 4 is 22.9 Å². The molecule has 0 aliphatic heterocycles. The molecule has 3 nitrogen and oxygen atoms in total. The lowest BCUT2D eigenvalue weighted by Crippen LogP contribution is -2.10. The van der Waals surface area contributed by atoms with E-state index in [1.807, 2.05) is 36.6 Å². The highest BCUT2D eigenvalue weighted by atomic mass is 32.1. The van der Waals surface area contributed by atoms with Gasteiger partial charge in [-0.05, 0) is 36.1 Å². The van der Waals surface area contributed by atoms with Gasteiger partial charge in [0, 0.05) is 11.3 Å². The van der Waals surface area contributed by atoms with Crippen LogP contribution in [-0.2, 0) is 0 Å². The van der Waals surface area contributed by atoms with Crippen molar-refractivity contribution in [2.45, 2.75) is 6.92 Å². The zero-order chi connectivity index (χ0) is 13.7. The van der Waals surface area contributed by atoms with Crippen molar-refractivity contribution in [3.63, 3.8) is 0 Å². The van der Waals surface area contributed by atoms with Gasteiger partial charge in [-0.15, -0.1) is 11.3 Å². The molecule has 1 aromatic heterocycles. The minimum atomic E-state index is -0.175. The topological polar surface area (TPSA) is 49.3 Å². The fraction of sp³-hybridized carbons (Fsp3) is 0.133. The smallest absolute Gasteiger partial charge is 0.265 e. The van der Waals surface area contributed by atoms with Crippen molar-refractivity contribution in [3.8, 4) is 11.8 Å². The number of aliphatic hydroxyl groups excluding tert-OH is 1. The van der Waals surface area contributed by atoms with Gasteiger partial charge in [0.2, 0.25) is 0 Å². The van der Waals surface area contributed by atoms with Gasteiger partial charge >= 0.3 is 0 Å². The van der Waals surface area contributed by atoms with Gasteiger partial charge in [-0.2, -0.15) is 0 Å². The van der Waals surface area contributed by atoms with Crippen LogP contribution in [0, 0.1) is 18.8 Å². The van der Waals surface area contributed by atoms with E-state index in [-0.39, 0.29) is 12.5 Å². The number of anilines is 1. The fourth-order valence-corrected chi connectivity index (χ4v) is 2.19. The van der Waals surface area contributed by atoms with E-state index in [1.54, 1.807) is 6.07 Å². The maximum absolute atomic E-state index is 11.9. The Morgan fingerprint density at radius 2 is 2.26 bits per heavy atom. The van der Waals surface area contributed by atoms with Crippen LogP contribution in [0.2, 0.25) is 0 Å². The van der Waals surface area contributed by atoms with Crippen LogP contribution in [0.3, 0.4) is 0 Å². The number of hydrogen-bond acceptors (Lipinski definition) is 3. The molecule has 0 saturated carbocycles. The summed E-state index contributed by atoms with van der Waals surface area (Å²) in [5, 5.41) is 13.4. The average Bonchev–Trinajstić information content (AvgIpc) is 2.93. The van der Waals surface area contributed by atoms with Crippen LogP contribution >= 0.6 is 11.3 Å². The van der Waals surface area contributed by atoms with Gasteiger partial charge in [0.05, 0.1) is 4.88 Å². The first-order chi connectivity index (χ1) is 9.20. The summed E-state index contributed by atoms with van der Waals surface area (Å²) < 4.78 is 0. The molecule has 0 saturated heterocycles. The second-order valence-corrected chi connectivity index (χ2v) is 4.87. The third-order valence-electron chi connectivity index (χ3n) is 2.54. The van der Waals surface area contributed by atoms with Gasteiger partial charge in [0.1, 0.15) is 6.61 Å². The number of benzene rings is 1. The molecule has 2 rings (SSSR count). The summed E-state index contributed by atoms with van der Waals surface area (Å²) in [6.45, 7) is 1.76. The molecule has 1 aromatic carbocycles. The molecule has 96 valence electrons. The van der Waals surface area contributed by atoms with Crippen LogP contribution in [0.1, 0.15) is 20.8 Å². The highest BCUT2D eigenvalue weighted by Gasteiger charge is 2.07. The number of hydrogen-bond donors (Lipinski definition) is 2. The van der Waals surface area contributed by atoms with E-state index in [2.05, 4.69) is 17.2 Å². The first-order valence-corrected chi connectivity index (χ1v) is 6.64. The summed E-state index contributed by atoms with van der Waals surface area (Å²) in [5.41, 5.74) is 2.51. The maximum Gasteiger partial charge on any atom is 0.265 e. The summed E-state index contributed by atoms with van der Waals surface area (Å²) in [4.78, 5) is 12.6. The zero-order valence-corrected chi connectivity index (χ0v) is 11.3. The molecule has 0 bridgehead atoms. The predicted octanol–water partition coefficient (Wildman–Crippen LogP) is 2.65. The Balaban J connectivity index is 2.19. The van der Waals surface area contributed by atoms with Crippen molar-refractivity contribution in [3.05, 3.63) is 51.7 Å². The van der Waals surface area contributed by atoms with E-state index in [0.29, 0.717) is 10.6 Å². The van der Waals surface area contributed by atoms with E-state index < -0.39 is 0 Å². The lowest BCUT2D eigenvalue weighted by molar-refractivity contribution is 0.103. The monoisotopic (exact) mass is 271 g/mol. The number of nitrogens with one attached hydrogen (secondary N) is 1. The highest BCUT2D eigenvalue weighted by molar-refractivity contribution is 7.12. The summed E-state index contributed by atoms with van der Waals surface area (Å²) >= 11 is 1.40. The Hall–Kier alpha value is -2.09. The molecule has 0 radical (unpaired) electrons. The van der Waals surface area contributed by atoms with E-state index in [4.69, 9.17) is 5.11 Å². The normalized spacial score (nSPS) is 9.58. The SMILES string of the molecule is Cc1ccc(NC(=O)c2cccs2)cc1C#CCO. The molecule has 2 aromatic rings. The fourth-order valence-electron chi connectivity index (χ4n) is 1.57. The molecule has 19 heavy (non-hydrogen) atoms. The number of thiophene rings is 1. The summed E-state index contributed by atoms with van der Waals surface area (Å²) in [5.74, 6) is 5.35. The van der Waals surface area contributed by atoms with Gasteiger partial charge in [-0.1, -0.05) is 24.0 Å². The van der Waals surface area contributed by atoms with E-state index >= 15 is 0 Å². The molecular formula is C15H13NO2S. The van der Waals surface area contributed by atoms with Crippen molar-refractivity contribution in [2.75, 3.05) is 11.9 Å². The van der Waals surface area contributed by atoms with Crippen LogP contribution in [-0.4, -0.2) is 17.6 Å². The third kappa shape index (κ3) is 3.44. The molecule has 0 atom stereocenters. The van der Waals surface area contributed by atoms with Crippen LogP contribution in [0.25, 0.3) is 0 Å². The first kappa shape index (κ1) is 13.3. The molecule has 0 spiro atoms. The van der Waals surface area contributed by atoms with Crippen LogP contribution in [0.4, 0.5) is 5.69 Å². The largest absolute Gasteiger partial charge is 0.384 e. The van der Waals surface area contributed by atoms with Gasteiger partial charge in [-0.25, -0.2) is 0 Å². The Bertz CT molecular complexity index is 636. The number of rotatable bonds is 2. The van der Waals surface area contributed by atoms with E-state index in [9.17, 15) is 4.79 Å². The minimum Gasteiger partial charge on any atom is -0.384 e. The zero-order valence-electron chi connectivity index (χ0n) is 10.4. The molecule has 0 fully saturated rings. The van der Waals surface area contributed by atoms with E-state index in [0.717, 1.165) is 11.1 Å². The Morgan fingerprint density at radius 1 is 1.42 bits per heavy atom. The first-order valence-electron chi connectivity index (χ1n) is 5.76. The minimum absolute atomic E-state index is 0.125. The van der Waals surface area contributed by atoms with Crippen molar-refractivity contribution < 1.29 is 9.90 Å². The Kier molecular flexibility index (Phi) is 4.35. The molecule has 1 heterocycles. The molecule has 2 N–H and O–H groups in total. The van der Waals surface area contributed by atoms with Crippen molar-refractivity contribution in [2.24, 2.45) is 0 Å². The maximum atomic E-state index is 11.9. The number of carbonyl (C=O) groups is 1. The number of aryl methyl sites for hydroxylation is 1. The molecule has 0 aliphatic rings. The number of carbonyl (C=O) groups excluding carboxylic acids is 1. The molecule has 4 heteroatoms. The van der Waals surface area contributed by atoms with Crippen LogP contribution < -0.4 is 5.32 Å². The summed E-state index contributed by atoms with van der Waals surface area (Å²) in [7, 11) is 0. The molecular weight excluding hydrogens is 258 g/mol.